The van der Waals surface area contributed by atoms with Crippen molar-refractivity contribution in [2.24, 2.45) is 5.92 Å². The highest BCUT2D eigenvalue weighted by atomic mass is 32.2. The molecule has 0 unspecified atom stereocenters. The first-order valence-corrected chi connectivity index (χ1v) is 9.60. The molecule has 1 aromatic heterocycles. The van der Waals surface area contributed by atoms with Gasteiger partial charge in [-0.2, -0.15) is 0 Å². The van der Waals surface area contributed by atoms with Gasteiger partial charge in [-0.3, -0.25) is 0 Å². The minimum absolute atomic E-state index is 0.941. The molecule has 1 saturated heterocycles. The third-order valence-electron chi connectivity index (χ3n) is 4.60. The lowest BCUT2D eigenvalue weighted by Crippen LogP contribution is -2.33. The summed E-state index contributed by atoms with van der Waals surface area (Å²) in [4.78, 5) is 10.6. The van der Waals surface area contributed by atoms with Crippen LogP contribution >= 0.6 is 11.8 Å². The fourth-order valence-electron chi connectivity index (χ4n) is 3.07. The summed E-state index contributed by atoms with van der Waals surface area (Å²) in [6.45, 7) is 6.30. The molecule has 3 nitrogen and oxygen atoms in total. The average Bonchev–Trinajstić information content (AvgIpc) is 2.95. The third-order valence-corrected chi connectivity index (χ3v) is 5.56. The molecule has 1 aliphatic heterocycles. The molecule has 3 rings (SSSR count). The number of piperidine rings is 1. The summed E-state index contributed by atoms with van der Waals surface area (Å²) in [5, 5.41) is 1.06. The van der Waals surface area contributed by atoms with Crippen LogP contribution in [0.4, 0.5) is 0 Å². The SMILES string of the molecule is CC1CCN(CCCCCSc2nc3ccccc3[nH]2)CC1. The van der Waals surface area contributed by atoms with Crippen molar-refractivity contribution in [1.29, 1.82) is 0 Å². The third kappa shape index (κ3) is 4.50. The van der Waals surface area contributed by atoms with Crippen molar-refractivity contribution in [2.45, 2.75) is 44.2 Å². The molecule has 0 bridgehead atoms. The van der Waals surface area contributed by atoms with Crippen LogP contribution in [0.1, 0.15) is 39.0 Å². The van der Waals surface area contributed by atoms with Crippen LogP contribution in [0.5, 0.6) is 0 Å². The number of hydrogen-bond donors (Lipinski definition) is 1. The van der Waals surface area contributed by atoms with Gasteiger partial charge in [-0.25, -0.2) is 4.98 Å². The molecule has 0 amide bonds. The smallest absolute Gasteiger partial charge is 0.166 e. The lowest BCUT2D eigenvalue weighted by Gasteiger charge is -2.30. The van der Waals surface area contributed by atoms with E-state index in [0.29, 0.717) is 0 Å². The number of H-pyrrole nitrogens is 1. The quantitative estimate of drug-likeness (QED) is 0.600. The highest BCUT2D eigenvalue weighted by Gasteiger charge is 2.14. The number of aromatic amines is 1. The molecule has 1 aromatic carbocycles. The highest BCUT2D eigenvalue weighted by Crippen LogP contribution is 2.21. The minimum atomic E-state index is 0.941. The predicted molar refractivity (Wildman–Crippen MR) is 95.5 cm³/mol. The van der Waals surface area contributed by atoms with E-state index in [1.54, 1.807) is 0 Å². The summed E-state index contributed by atoms with van der Waals surface area (Å²) in [5.74, 6) is 2.10. The van der Waals surface area contributed by atoms with E-state index < -0.39 is 0 Å². The van der Waals surface area contributed by atoms with Gasteiger partial charge in [-0.1, -0.05) is 37.2 Å². The second-order valence-electron chi connectivity index (χ2n) is 6.49. The van der Waals surface area contributed by atoms with Gasteiger partial charge in [0.2, 0.25) is 0 Å². The number of thioether (sulfide) groups is 1. The van der Waals surface area contributed by atoms with E-state index in [-0.39, 0.29) is 0 Å². The Bertz CT molecular complexity index is 539. The van der Waals surface area contributed by atoms with E-state index in [1.807, 2.05) is 17.8 Å². The van der Waals surface area contributed by atoms with Gasteiger partial charge in [0.25, 0.3) is 0 Å². The monoisotopic (exact) mass is 317 g/mol. The zero-order chi connectivity index (χ0) is 15.2. The number of likely N-dealkylation sites (tertiary alicyclic amines) is 1. The van der Waals surface area contributed by atoms with Crippen LogP contribution in [-0.4, -0.2) is 40.3 Å². The molecule has 4 heteroatoms. The average molecular weight is 318 g/mol. The number of nitrogens with zero attached hydrogens (tertiary/aromatic N) is 2. The standard InChI is InChI=1S/C18H27N3S/c1-15-9-12-21(13-10-15)11-5-2-6-14-22-18-19-16-7-3-4-8-17(16)20-18/h3-4,7-8,15H,2,5-6,9-14H2,1H3,(H,19,20). The highest BCUT2D eigenvalue weighted by molar-refractivity contribution is 7.99. The number of para-hydroxylation sites is 2. The van der Waals surface area contributed by atoms with E-state index in [1.165, 1.54) is 51.7 Å². The summed E-state index contributed by atoms with van der Waals surface area (Å²) in [6.07, 6.45) is 6.74. The summed E-state index contributed by atoms with van der Waals surface area (Å²) in [5.41, 5.74) is 2.22. The number of aromatic nitrogens is 2. The summed E-state index contributed by atoms with van der Waals surface area (Å²) >= 11 is 1.85. The van der Waals surface area contributed by atoms with Crippen molar-refractivity contribution >= 4 is 22.8 Å². The van der Waals surface area contributed by atoms with Gasteiger partial charge >= 0.3 is 0 Å². The van der Waals surface area contributed by atoms with Crippen LogP contribution in [0, 0.1) is 5.92 Å². The fourth-order valence-corrected chi connectivity index (χ4v) is 3.95. The van der Waals surface area contributed by atoms with Crippen LogP contribution < -0.4 is 0 Å². The van der Waals surface area contributed by atoms with Crippen LogP contribution in [0.25, 0.3) is 11.0 Å². The van der Waals surface area contributed by atoms with Crippen LogP contribution in [0.2, 0.25) is 0 Å². The Kier molecular flexibility index (Phi) is 5.79. The lowest BCUT2D eigenvalue weighted by molar-refractivity contribution is 0.189. The van der Waals surface area contributed by atoms with Crippen molar-refractivity contribution in [3.8, 4) is 0 Å². The minimum Gasteiger partial charge on any atom is -0.333 e. The maximum absolute atomic E-state index is 4.61. The van der Waals surface area contributed by atoms with Gasteiger partial charge in [-0.15, -0.1) is 0 Å². The molecule has 0 spiro atoms. The Balaban J connectivity index is 1.29. The summed E-state index contributed by atoms with van der Waals surface area (Å²) in [7, 11) is 0. The number of unbranched alkanes of at least 4 members (excludes halogenated alkanes) is 2. The molecule has 2 aromatic rings. The molecular formula is C18H27N3S. The maximum Gasteiger partial charge on any atom is 0.166 e. The Morgan fingerprint density at radius 2 is 2.00 bits per heavy atom. The van der Waals surface area contributed by atoms with Gasteiger partial charge in [-0.05, 0) is 63.4 Å². The van der Waals surface area contributed by atoms with Crippen molar-refractivity contribution < 1.29 is 0 Å². The van der Waals surface area contributed by atoms with Crippen molar-refractivity contribution in [2.75, 3.05) is 25.4 Å². The molecule has 0 radical (unpaired) electrons. The summed E-state index contributed by atoms with van der Waals surface area (Å²) < 4.78 is 0. The van der Waals surface area contributed by atoms with E-state index >= 15 is 0 Å². The van der Waals surface area contributed by atoms with E-state index in [0.717, 1.165) is 27.9 Å². The molecule has 1 aliphatic rings. The Morgan fingerprint density at radius 3 is 2.82 bits per heavy atom. The first-order valence-electron chi connectivity index (χ1n) is 8.61. The predicted octanol–water partition coefficient (Wildman–Crippen LogP) is 4.56. The molecule has 0 aliphatic carbocycles. The lowest BCUT2D eigenvalue weighted by atomic mass is 9.99. The topological polar surface area (TPSA) is 31.9 Å². The van der Waals surface area contributed by atoms with Gasteiger partial charge in [0, 0.05) is 5.75 Å². The Hall–Kier alpha value is -1.00. The molecule has 1 fully saturated rings. The first-order chi connectivity index (χ1) is 10.8. The number of benzene rings is 1. The Morgan fingerprint density at radius 1 is 1.18 bits per heavy atom. The number of rotatable bonds is 7. The zero-order valence-corrected chi connectivity index (χ0v) is 14.4. The normalized spacial score (nSPS) is 17.3. The number of imidazole rings is 1. The fraction of sp³-hybridized carbons (Fsp3) is 0.611. The second-order valence-corrected chi connectivity index (χ2v) is 7.58. The molecular weight excluding hydrogens is 290 g/mol. The molecule has 1 N–H and O–H groups in total. The van der Waals surface area contributed by atoms with Crippen molar-refractivity contribution in [3.05, 3.63) is 24.3 Å². The van der Waals surface area contributed by atoms with Gasteiger partial charge < -0.3 is 9.88 Å². The van der Waals surface area contributed by atoms with Gasteiger partial charge in [0.05, 0.1) is 11.0 Å². The number of hydrogen-bond acceptors (Lipinski definition) is 3. The van der Waals surface area contributed by atoms with Crippen molar-refractivity contribution in [1.82, 2.24) is 14.9 Å². The Labute approximate surface area is 137 Å². The molecule has 0 atom stereocenters. The first kappa shape index (κ1) is 15.9. The van der Waals surface area contributed by atoms with Crippen molar-refractivity contribution in [3.63, 3.8) is 0 Å². The van der Waals surface area contributed by atoms with Crippen LogP contribution in [-0.2, 0) is 0 Å². The van der Waals surface area contributed by atoms with Crippen LogP contribution in [0.15, 0.2) is 29.4 Å². The van der Waals surface area contributed by atoms with Crippen LogP contribution in [0.3, 0.4) is 0 Å². The number of fused-ring (bicyclic) bond motifs is 1. The zero-order valence-electron chi connectivity index (χ0n) is 13.6. The number of nitrogens with one attached hydrogen (secondary N) is 1. The molecule has 2 heterocycles. The maximum atomic E-state index is 4.61. The molecule has 22 heavy (non-hydrogen) atoms. The molecule has 120 valence electrons. The van der Waals surface area contributed by atoms with Gasteiger partial charge in [0.15, 0.2) is 5.16 Å². The van der Waals surface area contributed by atoms with Gasteiger partial charge in [0.1, 0.15) is 0 Å². The van der Waals surface area contributed by atoms with E-state index in [2.05, 4.69) is 40.0 Å². The summed E-state index contributed by atoms with van der Waals surface area (Å²) in [6, 6.07) is 8.25. The molecule has 0 saturated carbocycles. The van der Waals surface area contributed by atoms with E-state index in [9.17, 15) is 0 Å². The second kappa shape index (κ2) is 8.02. The van der Waals surface area contributed by atoms with E-state index in [4.69, 9.17) is 0 Å². The largest absolute Gasteiger partial charge is 0.333 e.